The summed E-state index contributed by atoms with van der Waals surface area (Å²) in [5.74, 6) is -2.55. The molecule has 2 N–H and O–H groups in total. The van der Waals surface area contributed by atoms with Crippen molar-refractivity contribution in [1.82, 2.24) is 4.90 Å². The van der Waals surface area contributed by atoms with Gasteiger partial charge in [0.25, 0.3) is 0 Å². The van der Waals surface area contributed by atoms with E-state index < -0.39 is 29.4 Å². The van der Waals surface area contributed by atoms with Gasteiger partial charge in [-0.05, 0) is 59.7 Å². The molecule has 0 aliphatic carbocycles. The molecule has 2 atom stereocenters. The number of primary amides is 1. The van der Waals surface area contributed by atoms with Gasteiger partial charge < -0.3 is 15.2 Å². The van der Waals surface area contributed by atoms with Gasteiger partial charge in [-0.3, -0.25) is 9.69 Å². The monoisotopic (exact) mass is 484 g/mol. The van der Waals surface area contributed by atoms with E-state index in [1.807, 2.05) is 47.4 Å². The molecule has 1 heterocycles. The summed E-state index contributed by atoms with van der Waals surface area (Å²) in [5, 5.41) is 0. The number of halogens is 3. The standard InChI is InChI=1S/C27H27F3N2O3/c1-34-24-13-17-10-11-32(26(27(31)33)16-6-4-3-5-7-16)23(19(17)14-25(24)35-2)9-8-18-12-21(29)22(30)15-20(18)28/h3-7,12-15,23,26H,8-11H2,1-2H3,(H2,31,33)/t23-,26?/m0/s1. The topological polar surface area (TPSA) is 64.8 Å². The first kappa shape index (κ1) is 24.6. The zero-order valence-corrected chi connectivity index (χ0v) is 19.6. The Morgan fingerprint density at radius 2 is 1.66 bits per heavy atom. The molecule has 1 aliphatic rings. The van der Waals surface area contributed by atoms with Crippen molar-refractivity contribution in [2.75, 3.05) is 20.8 Å². The molecule has 35 heavy (non-hydrogen) atoms. The van der Waals surface area contributed by atoms with E-state index in [-0.39, 0.29) is 18.0 Å². The van der Waals surface area contributed by atoms with Crippen LogP contribution in [0.3, 0.4) is 0 Å². The molecule has 0 saturated carbocycles. The van der Waals surface area contributed by atoms with Crippen LogP contribution in [0, 0.1) is 17.5 Å². The molecule has 0 radical (unpaired) electrons. The summed E-state index contributed by atoms with van der Waals surface area (Å²) in [6.45, 7) is 0.510. The number of ether oxygens (including phenoxy) is 2. The number of carbonyl (C=O) groups is 1. The Labute approximate surface area is 202 Å². The van der Waals surface area contributed by atoms with E-state index in [1.54, 1.807) is 7.11 Å². The van der Waals surface area contributed by atoms with Crippen molar-refractivity contribution in [2.24, 2.45) is 5.73 Å². The Balaban J connectivity index is 1.77. The predicted octanol–water partition coefficient (Wildman–Crippen LogP) is 4.88. The lowest BCUT2D eigenvalue weighted by Crippen LogP contribution is -2.44. The summed E-state index contributed by atoms with van der Waals surface area (Å²) in [4.78, 5) is 14.7. The normalized spacial score (nSPS) is 16.4. The van der Waals surface area contributed by atoms with Crippen LogP contribution in [0.4, 0.5) is 13.2 Å². The second-order valence-corrected chi connectivity index (χ2v) is 8.52. The maximum absolute atomic E-state index is 14.4. The first-order valence-corrected chi connectivity index (χ1v) is 11.3. The van der Waals surface area contributed by atoms with Gasteiger partial charge in [-0.25, -0.2) is 13.2 Å². The summed E-state index contributed by atoms with van der Waals surface area (Å²) in [6.07, 6.45) is 1.09. The molecule has 184 valence electrons. The number of fused-ring (bicyclic) bond motifs is 1. The Morgan fingerprint density at radius 3 is 2.31 bits per heavy atom. The molecule has 3 aromatic carbocycles. The number of rotatable bonds is 8. The third-order valence-corrected chi connectivity index (χ3v) is 6.54. The highest BCUT2D eigenvalue weighted by atomic mass is 19.2. The number of hydrogen-bond acceptors (Lipinski definition) is 4. The van der Waals surface area contributed by atoms with Gasteiger partial charge in [-0.1, -0.05) is 30.3 Å². The average molecular weight is 485 g/mol. The van der Waals surface area contributed by atoms with Gasteiger partial charge >= 0.3 is 0 Å². The molecule has 1 aliphatic heterocycles. The van der Waals surface area contributed by atoms with E-state index >= 15 is 0 Å². The number of hydrogen-bond donors (Lipinski definition) is 1. The molecule has 0 bridgehead atoms. The lowest BCUT2D eigenvalue weighted by atomic mass is 9.86. The average Bonchev–Trinajstić information content (AvgIpc) is 2.85. The van der Waals surface area contributed by atoms with Gasteiger partial charge in [0.05, 0.1) is 14.2 Å². The van der Waals surface area contributed by atoms with Gasteiger partial charge in [0.2, 0.25) is 5.91 Å². The minimum atomic E-state index is -1.23. The molecule has 1 unspecified atom stereocenters. The maximum Gasteiger partial charge on any atom is 0.239 e. The maximum atomic E-state index is 14.4. The first-order chi connectivity index (χ1) is 16.8. The van der Waals surface area contributed by atoms with E-state index in [9.17, 15) is 18.0 Å². The van der Waals surface area contributed by atoms with Crippen LogP contribution in [0.1, 0.15) is 40.8 Å². The van der Waals surface area contributed by atoms with Gasteiger partial charge in [0.15, 0.2) is 23.1 Å². The summed E-state index contributed by atoms with van der Waals surface area (Å²) in [7, 11) is 3.09. The zero-order valence-electron chi connectivity index (χ0n) is 19.6. The number of amides is 1. The quantitative estimate of drug-likeness (QED) is 0.463. The third-order valence-electron chi connectivity index (χ3n) is 6.54. The Morgan fingerprint density at radius 1 is 1.00 bits per heavy atom. The van der Waals surface area contributed by atoms with Crippen molar-refractivity contribution < 1.29 is 27.4 Å². The number of nitrogens with zero attached hydrogens (tertiary/aromatic N) is 1. The van der Waals surface area contributed by atoms with Crippen LogP contribution in [0.5, 0.6) is 11.5 Å². The van der Waals surface area contributed by atoms with Crippen molar-refractivity contribution >= 4 is 5.91 Å². The Kier molecular flexibility index (Phi) is 7.31. The highest BCUT2D eigenvalue weighted by Gasteiger charge is 2.36. The molecule has 0 aromatic heterocycles. The summed E-state index contributed by atoms with van der Waals surface area (Å²) >= 11 is 0. The fourth-order valence-electron chi connectivity index (χ4n) is 4.88. The van der Waals surface area contributed by atoms with E-state index in [1.165, 1.54) is 7.11 Å². The third kappa shape index (κ3) is 4.98. The molecule has 0 saturated heterocycles. The summed E-state index contributed by atoms with van der Waals surface area (Å²) in [6, 6.07) is 13.3. The molecule has 0 spiro atoms. The molecule has 4 rings (SSSR count). The minimum Gasteiger partial charge on any atom is -0.493 e. The Bertz CT molecular complexity index is 1220. The van der Waals surface area contributed by atoms with Crippen molar-refractivity contribution in [2.45, 2.75) is 31.3 Å². The van der Waals surface area contributed by atoms with E-state index in [2.05, 4.69) is 0 Å². The highest BCUT2D eigenvalue weighted by molar-refractivity contribution is 5.81. The van der Waals surface area contributed by atoms with Crippen molar-refractivity contribution in [1.29, 1.82) is 0 Å². The highest BCUT2D eigenvalue weighted by Crippen LogP contribution is 2.43. The van der Waals surface area contributed by atoms with Crippen LogP contribution in [0.25, 0.3) is 0 Å². The number of carbonyl (C=O) groups excluding carboxylic acids is 1. The van der Waals surface area contributed by atoms with E-state index in [0.717, 1.165) is 22.8 Å². The molecule has 3 aromatic rings. The zero-order chi connectivity index (χ0) is 25.1. The van der Waals surface area contributed by atoms with Crippen LogP contribution in [0.15, 0.2) is 54.6 Å². The van der Waals surface area contributed by atoms with Crippen molar-refractivity contribution in [3.05, 3.63) is 94.3 Å². The lowest BCUT2D eigenvalue weighted by Gasteiger charge is -2.41. The van der Waals surface area contributed by atoms with Gasteiger partial charge in [-0.15, -0.1) is 0 Å². The van der Waals surface area contributed by atoms with Crippen molar-refractivity contribution in [3.63, 3.8) is 0 Å². The largest absolute Gasteiger partial charge is 0.493 e. The fraction of sp³-hybridized carbons (Fsp3) is 0.296. The molecule has 5 nitrogen and oxygen atoms in total. The van der Waals surface area contributed by atoms with Crippen molar-refractivity contribution in [3.8, 4) is 11.5 Å². The summed E-state index contributed by atoms with van der Waals surface area (Å²) < 4.78 is 52.7. The second-order valence-electron chi connectivity index (χ2n) is 8.52. The predicted molar refractivity (Wildman–Crippen MR) is 126 cm³/mol. The SMILES string of the molecule is COc1cc2c(cc1OC)[C@H](CCc1cc(F)c(F)cc1F)N(C(C(N)=O)c1ccccc1)CC2. The van der Waals surface area contributed by atoms with Gasteiger partial charge in [0.1, 0.15) is 11.9 Å². The Hall–Kier alpha value is -3.52. The van der Waals surface area contributed by atoms with Gasteiger partial charge in [-0.2, -0.15) is 0 Å². The van der Waals surface area contributed by atoms with E-state index in [4.69, 9.17) is 15.2 Å². The number of methoxy groups -OCH3 is 2. The minimum absolute atomic E-state index is 0.0618. The number of aryl methyl sites for hydroxylation is 1. The number of benzene rings is 3. The molecule has 0 fully saturated rings. The van der Waals surface area contributed by atoms with Crippen LogP contribution in [-0.4, -0.2) is 31.6 Å². The van der Waals surface area contributed by atoms with Crippen LogP contribution in [-0.2, 0) is 17.6 Å². The van der Waals surface area contributed by atoms with Crippen LogP contribution in [0.2, 0.25) is 0 Å². The fourth-order valence-corrected chi connectivity index (χ4v) is 4.88. The van der Waals surface area contributed by atoms with Gasteiger partial charge in [0, 0.05) is 18.7 Å². The molecule has 8 heteroatoms. The molecule has 1 amide bonds. The summed E-state index contributed by atoms with van der Waals surface area (Å²) in [5.41, 5.74) is 8.57. The van der Waals surface area contributed by atoms with Crippen LogP contribution >= 0.6 is 0 Å². The first-order valence-electron chi connectivity index (χ1n) is 11.3. The number of nitrogens with two attached hydrogens (primary N) is 1. The second kappa shape index (κ2) is 10.4. The van der Waals surface area contributed by atoms with Crippen LogP contribution < -0.4 is 15.2 Å². The smallest absolute Gasteiger partial charge is 0.239 e. The lowest BCUT2D eigenvalue weighted by molar-refractivity contribution is -0.124. The molecular formula is C27H27F3N2O3. The molecular weight excluding hydrogens is 457 g/mol. The van der Waals surface area contributed by atoms with E-state index in [0.29, 0.717) is 37.0 Å².